The summed E-state index contributed by atoms with van der Waals surface area (Å²) in [5.74, 6) is -0.0929. The van der Waals surface area contributed by atoms with Gasteiger partial charge in [0.15, 0.2) is 6.10 Å². The number of aromatic nitrogens is 4. The van der Waals surface area contributed by atoms with Crippen molar-refractivity contribution in [3.8, 4) is 23.1 Å². The lowest BCUT2D eigenvalue weighted by molar-refractivity contribution is -0.389. The number of pyridine rings is 2. The minimum Gasteiger partial charge on any atom is -0.469 e. The molecule has 9 nitrogen and oxygen atoms in total. The maximum absolute atomic E-state index is 12.6. The molecule has 0 aromatic carbocycles. The number of hydrogen-bond acceptors (Lipinski definition) is 7. The molecule has 0 N–H and O–H groups in total. The second-order valence-electron chi connectivity index (χ2n) is 6.13. The minimum absolute atomic E-state index is 0.113. The smallest absolute Gasteiger partial charge is 0.433 e. The van der Waals surface area contributed by atoms with Crippen LogP contribution in [0.15, 0.2) is 42.7 Å². The molecule has 1 aliphatic heterocycles. The molecule has 0 saturated heterocycles. The largest absolute Gasteiger partial charge is 0.469 e. The maximum atomic E-state index is 12.6. The number of ether oxygens (including phenoxy) is 2. The molecule has 0 saturated carbocycles. The van der Waals surface area contributed by atoms with Gasteiger partial charge in [0.2, 0.25) is 5.88 Å². The van der Waals surface area contributed by atoms with Gasteiger partial charge < -0.3 is 19.6 Å². The van der Waals surface area contributed by atoms with Gasteiger partial charge in [-0.15, -0.1) is 0 Å². The number of imidazole rings is 1. The Bertz CT molecular complexity index is 1050. The third-order valence-corrected chi connectivity index (χ3v) is 4.07. The van der Waals surface area contributed by atoms with E-state index in [4.69, 9.17) is 9.47 Å². The molecule has 4 rings (SSSR count). The molecule has 12 heteroatoms. The van der Waals surface area contributed by atoms with Gasteiger partial charge in [0.1, 0.15) is 18.5 Å². The molecule has 29 heavy (non-hydrogen) atoms. The Balaban J connectivity index is 1.49. The van der Waals surface area contributed by atoms with Crippen molar-refractivity contribution in [2.45, 2.75) is 18.8 Å². The predicted molar refractivity (Wildman–Crippen MR) is 91.3 cm³/mol. The lowest BCUT2D eigenvalue weighted by Gasteiger charge is -2.22. The lowest BCUT2D eigenvalue weighted by Crippen LogP contribution is -2.34. The molecule has 3 aromatic rings. The number of halogens is 3. The number of nitrogens with zero attached hydrogens (tertiary/aromatic N) is 5. The van der Waals surface area contributed by atoms with Crippen LogP contribution in [0.2, 0.25) is 0 Å². The van der Waals surface area contributed by atoms with E-state index in [2.05, 4.69) is 15.0 Å². The van der Waals surface area contributed by atoms with Crippen LogP contribution in [0.4, 0.5) is 19.0 Å². The second kappa shape index (κ2) is 7.04. The van der Waals surface area contributed by atoms with E-state index in [1.54, 1.807) is 18.2 Å². The van der Waals surface area contributed by atoms with Crippen molar-refractivity contribution in [1.82, 2.24) is 19.5 Å². The van der Waals surface area contributed by atoms with E-state index in [-0.39, 0.29) is 30.9 Å². The summed E-state index contributed by atoms with van der Waals surface area (Å²) in [4.78, 5) is 21.6. The first-order valence-corrected chi connectivity index (χ1v) is 8.31. The van der Waals surface area contributed by atoms with E-state index in [0.717, 1.165) is 12.3 Å². The fraction of sp³-hybridized carbons (Fsp3) is 0.235. The van der Waals surface area contributed by atoms with Crippen LogP contribution in [0.25, 0.3) is 11.3 Å². The Kier molecular flexibility index (Phi) is 4.53. The van der Waals surface area contributed by atoms with Crippen LogP contribution in [-0.4, -0.2) is 37.2 Å². The quantitative estimate of drug-likeness (QED) is 0.483. The number of nitro groups is 1. The van der Waals surface area contributed by atoms with Crippen LogP contribution >= 0.6 is 0 Å². The minimum atomic E-state index is -4.51. The highest BCUT2D eigenvalue weighted by atomic mass is 19.4. The van der Waals surface area contributed by atoms with E-state index in [1.807, 2.05) is 0 Å². The number of rotatable bonds is 4. The molecule has 0 bridgehead atoms. The van der Waals surface area contributed by atoms with Crippen LogP contribution in [-0.2, 0) is 12.7 Å². The molecule has 0 radical (unpaired) electrons. The predicted octanol–water partition coefficient (Wildman–Crippen LogP) is 3.11. The standard InChI is InChI=1S/C17H12F3N5O4/c18-17(19,20)13-5-4-10(6-21-13)12-2-1-3-15(22-12)29-11-7-24-8-14(25(26)27)23-16(24)28-9-11/h1-6,8,11H,7,9H2/t11-/m0/s1. The second-order valence-corrected chi connectivity index (χ2v) is 6.13. The van der Waals surface area contributed by atoms with Crippen LogP contribution in [0.1, 0.15) is 5.69 Å². The highest BCUT2D eigenvalue weighted by Crippen LogP contribution is 2.29. The Morgan fingerprint density at radius 3 is 2.76 bits per heavy atom. The number of alkyl halides is 3. The average Bonchev–Trinajstić information content (AvgIpc) is 3.11. The molecular formula is C17H12F3N5O4. The molecule has 0 spiro atoms. The summed E-state index contributed by atoms with van der Waals surface area (Å²) in [6.45, 7) is 0.381. The van der Waals surface area contributed by atoms with Gasteiger partial charge in [0, 0.05) is 22.8 Å². The van der Waals surface area contributed by atoms with E-state index in [0.29, 0.717) is 11.3 Å². The van der Waals surface area contributed by atoms with Gasteiger partial charge in [-0.2, -0.15) is 13.2 Å². The molecule has 1 atom stereocenters. The SMILES string of the molecule is O=[N+]([O-])c1cn2c(n1)OC[C@@H](Oc1cccc(-c3ccc(C(F)(F)F)nc3)n1)C2. The van der Waals surface area contributed by atoms with Crippen molar-refractivity contribution in [2.75, 3.05) is 6.61 Å². The Morgan fingerprint density at radius 1 is 1.24 bits per heavy atom. The third-order valence-electron chi connectivity index (χ3n) is 4.07. The normalized spacial score (nSPS) is 16.0. The molecule has 1 aliphatic rings. The summed E-state index contributed by atoms with van der Waals surface area (Å²) in [7, 11) is 0. The van der Waals surface area contributed by atoms with Crippen molar-refractivity contribution in [2.24, 2.45) is 0 Å². The highest BCUT2D eigenvalue weighted by Gasteiger charge is 2.32. The summed E-state index contributed by atoms with van der Waals surface area (Å²) in [5.41, 5.74) is -0.200. The molecule has 0 amide bonds. The Hall–Kier alpha value is -3.70. The third kappa shape index (κ3) is 3.95. The van der Waals surface area contributed by atoms with E-state index in [9.17, 15) is 23.3 Å². The highest BCUT2D eigenvalue weighted by molar-refractivity contribution is 5.58. The van der Waals surface area contributed by atoms with Crippen LogP contribution < -0.4 is 9.47 Å². The fourth-order valence-electron chi connectivity index (χ4n) is 2.76. The van der Waals surface area contributed by atoms with Gasteiger partial charge >= 0.3 is 18.0 Å². The van der Waals surface area contributed by atoms with Crippen molar-refractivity contribution >= 4 is 5.82 Å². The number of hydrogen-bond donors (Lipinski definition) is 0. The average molecular weight is 407 g/mol. The Labute approximate surface area is 160 Å². The topological polar surface area (TPSA) is 105 Å². The fourth-order valence-corrected chi connectivity index (χ4v) is 2.76. The molecular weight excluding hydrogens is 395 g/mol. The molecule has 4 heterocycles. The molecule has 0 fully saturated rings. The van der Waals surface area contributed by atoms with Crippen LogP contribution in [0.5, 0.6) is 11.9 Å². The van der Waals surface area contributed by atoms with E-state index < -0.39 is 22.9 Å². The molecule has 150 valence electrons. The van der Waals surface area contributed by atoms with Crippen LogP contribution in [0.3, 0.4) is 0 Å². The van der Waals surface area contributed by atoms with Crippen molar-refractivity contribution < 1.29 is 27.6 Å². The van der Waals surface area contributed by atoms with Gasteiger partial charge in [-0.3, -0.25) is 9.55 Å². The first kappa shape index (κ1) is 18.7. The number of fused-ring (bicyclic) bond motifs is 1. The van der Waals surface area contributed by atoms with Crippen molar-refractivity contribution in [3.63, 3.8) is 0 Å². The van der Waals surface area contributed by atoms with E-state index in [1.165, 1.54) is 16.8 Å². The first-order chi connectivity index (χ1) is 13.8. The maximum Gasteiger partial charge on any atom is 0.433 e. The molecule has 0 unspecified atom stereocenters. The summed E-state index contributed by atoms with van der Waals surface area (Å²) in [6.07, 6.45) is -2.65. The van der Waals surface area contributed by atoms with Gasteiger partial charge in [-0.05, 0) is 23.1 Å². The first-order valence-electron chi connectivity index (χ1n) is 8.31. The monoisotopic (exact) mass is 407 g/mol. The molecule has 0 aliphatic carbocycles. The summed E-state index contributed by atoms with van der Waals surface area (Å²) < 4.78 is 50.5. The van der Waals surface area contributed by atoms with Gasteiger partial charge in [-0.25, -0.2) is 4.98 Å². The van der Waals surface area contributed by atoms with E-state index >= 15 is 0 Å². The Morgan fingerprint density at radius 2 is 2.07 bits per heavy atom. The van der Waals surface area contributed by atoms with Crippen molar-refractivity contribution in [3.05, 3.63) is 58.5 Å². The van der Waals surface area contributed by atoms with Crippen molar-refractivity contribution in [1.29, 1.82) is 0 Å². The summed E-state index contributed by atoms with van der Waals surface area (Å²) in [5, 5.41) is 10.8. The zero-order chi connectivity index (χ0) is 20.6. The van der Waals surface area contributed by atoms with Gasteiger partial charge in [-0.1, -0.05) is 6.07 Å². The lowest BCUT2D eigenvalue weighted by atomic mass is 10.2. The zero-order valence-electron chi connectivity index (χ0n) is 14.5. The van der Waals surface area contributed by atoms with Crippen LogP contribution in [0, 0.1) is 10.1 Å². The zero-order valence-corrected chi connectivity index (χ0v) is 14.5. The molecule has 3 aromatic heterocycles. The summed E-state index contributed by atoms with van der Waals surface area (Å²) >= 11 is 0. The summed E-state index contributed by atoms with van der Waals surface area (Å²) in [6, 6.07) is 7.15. The van der Waals surface area contributed by atoms with Gasteiger partial charge in [0.05, 0.1) is 12.2 Å². The van der Waals surface area contributed by atoms with Gasteiger partial charge in [0.25, 0.3) is 0 Å².